The molecule has 1 fully saturated rings. The van der Waals surface area contributed by atoms with Crippen molar-refractivity contribution in [2.24, 2.45) is 5.92 Å². The molecule has 0 bridgehead atoms. The molecular weight excluding hydrogens is 402 g/mol. The van der Waals surface area contributed by atoms with Gasteiger partial charge in [0.15, 0.2) is 0 Å². The number of carbonyl (C=O) groups is 2. The van der Waals surface area contributed by atoms with Gasteiger partial charge in [0.2, 0.25) is 15.9 Å². The third kappa shape index (κ3) is 5.03. The summed E-state index contributed by atoms with van der Waals surface area (Å²) in [6.07, 6.45) is 1.82. The number of benzene rings is 1. The molecule has 1 atom stereocenters. The Balaban J connectivity index is 2.30. The van der Waals surface area contributed by atoms with Gasteiger partial charge < -0.3 is 9.64 Å². The van der Waals surface area contributed by atoms with Gasteiger partial charge in [-0.1, -0.05) is 6.07 Å². The number of ether oxygens (including phenoxy) is 1. The lowest BCUT2D eigenvalue weighted by Gasteiger charge is -2.36. The van der Waals surface area contributed by atoms with Crippen LogP contribution in [0.5, 0.6) is 0 Å². The molecule has 1 aromatic rings. The van der Waals surface area contributed by atoms with Gasteiger partial charge in [0.1, 0.15) is 6.04 Å². The minimum atomic E-state index is -3.90. The molecule has 1 amide bonds. The normalized spacial score (nSPS) is 16.2. The largest absolute Gasteiger partial charge is 0.469 e. The molecule has 0 aromatic heterocycles. The fourth-order valence-corrected chi connectivity index (χ4v) is 4.71. The van der Waals surface area contributed by atoms with Crippen molar-refractivity contribution in [2.45, 2.75) is 32.7 Å². The number of nitrogens with zero attached hydrogens (tertiary/aromatic N) is 3. The van der Waals surface area contributed by atoms with Crippen LogP contribution in [0.3, 0.4) is 0 Å². The van der Waals surface area contributed by atoms with Gasteiger partial charge >= 0.3 is 5.97 Å². The van der Waals surface area contributed by atoms with Crippen molar-refractivity contribution in [3.05, 3.63) is 33.9 Å². The maximum absolute atomic E-state index is 13.0. The molecule has 10 nitrogen and oxygen atoms in total. The van der Waals surface area contributed by atoms with Crippen molar-refractivity contribution in [1.29, 1.82) is 0 Å². The lowest BCUT2D eigenvalue weighted by molar-refractivity contribution is -0.384. The monoisotopic (exact) mass is 427 g/mol. The highest BCUT2D eigenvalue weighted by Gasteiger charge is 2.36. The molecule has 29 heavy (non-hydrogen) atoms. The van der Waals surface area contributed by atoms with E-state index in [0.29, 0.717) is 31.5 Å². The van der Waals surface area contributed by atoms with Crippen LogP contribution in [-0.4, -0.2) is 62.6 Å². The molecule has 1 aromatic carbocycles. The Hall–Kier alpha value is -2.69. The molecule has 1 aliphatic rings. The predicted molar refractivity (Wildman–Crippen MR) is 106 cm³/mol. The van der Waals surface area contributed by atoms with E-state index >= 15 is 0 Å². The van der Waals surface area contributed by atoms with Crippen LogP contribution < -0.4 is 4.31 Å². The fourth-order valence-electron chi connectivity index (χ4n) is 3.49. The van der Waals surface area contributed by atoms with Crippen LogP contribution in [0.4, 0.5) is 11.4 Å². The predicted octanol–water partition coefficient (Wildman–Crippen LogP) is 1.47. The minimum absolute atomic E-state index is 0.0898. The van der Waals surface area contributed by atoms with Gasteiger partial charge in [-0.15, -0.1) is 0 Å². The molecule has 0 aliphatic carbocycles. The molecule has 0 radical (unpaired) electrons. The van der Waals surface area contributed by atoms with E-state index in [1.54, 1.807) is 6.92 Å². The molecule has 0 unspecified atom stereocenters. The summed E-state index contributed by atoms with van der Waals surface area (Å²) < 4.78 is 30.6. The number of anilines is 1. The van der Waals surface area contributed by atoms with Crippen molar-refractivity contribution in [3.63, 3.8) is 0 Å². The van der Waals surface area contributed by atoms with E-state index in [2.05, 4.69) is 0 Å². The second kappa shape index (κ2) is 8.76. The Morgan fingerprint density at radius 3 is 2.38 bits per heavy atom. The first kappa shape index (κ1) is 22.6. The first-order chi connectivity index (χ1) is 13.5. The van der Waals surface area contributed by atoms with Crippen LogP contribution in [0.25, 0.3) is 0 Å². The molecule has 11 heteroatoms. The van der Waals surface area contributed by atoms with Crippen LogP contribution in [0.2, 0.25) is 0 Å². The average molecular weight is 427 g/mol. The summed E-state index contributed by atoms with van der Waals surface area (Å²) >= 11 is 0. The molecular formula is C18H25N3O7S. The second-order valence-electron chi connectivity index (χ2n) is 7.09. The Bertz CT molecular complexity index is 908. The second-order valence-corrected chi connectivity index (χ2v) is 8.94. The van der Waals surface area contributed by atoms with E-state index in [1.807, 2.05) is 0 Å². The van der Waals surface area contributed by atoms with Crippen molar-refractivity contribution < 1.29 is 27.7 Å². The maximum atomic E-state index is 13.0. The molecule has 1 saturated heterocycles. The molecule has 0 spiro atoms. The third-order valence-corrected chi connectivity index (χ3v) is 6.28. The lowest BCUT2D eigenvalue weighted by atomic mass is 9.96. The summed E-state index contributed by atoms with van der Waals surface area (Å²) in [4.78, 5) is 36.7. The van der Waals surface area contributed by atoms with Crippen LogP contribution in [0.1, 0.15) is 25.3 Å². The van der Waals surface area contributed by atoms with Crippen molar-refractivity contribution in [1.82, 2.24) is 4.90 Å². The maximum Gasteiger partial charge on any atom is 0.308 e. The topological polar surface area (TPSA) is 127 Å². The van der Waals surface area contributed by atoms with Crippen LogP contribution in [0, 0.1) is 23.0 Å². The SMILES string of the molecule is COC(=O)C1CCN(C(=O)[C@@H](C)N(c2cc([N+](=O)[O-])ccc2C)S(C)(=O)=O)CC1. The number of esters is 1. The number of non-ortho nitro benzene ring substituents is 1. The first-order valence-electron chi connectivity index (χ1n) is 9.08. The van der Waals surface area contributed by atoms with Gasteiger partial charge in [-0.05, 0) is 32.3 Å². The Kier molecular flexibility index (Phi) is 6.83. The Morgan fingerprint density at radius 1 is 1.31 bits per heavy atom. The molecule has 1 aliphatic heterocycles. The number of amides is 1. The zero-order valence-corrected chi connectivity index (χ0v) is 17.6. The van der Waals surface area contributed by atoms with Crippen LogP contribution in [-0.2, 0) is 24.3 Å². The number of nitro groups is 1. The quantitative estimate of drug-likeness (QED) is 0.382. The number of methoxy groups -OCH3 is 1. The molecule has 1 heterocycles. The summed E-state index contributed by atoms with van der Waals surface area (Å²) in [6.45, 7) is 3.67. The number of sulfonamides is 1. The fraction of sp³-hybridized carbons (Fsp3) is 0.556. The molecule has 160 valence electrons. The summed E-state index contributed by atoms with van der Waals surface area (Å²) in [5, 5.41) is 11.1. The highest BCUT2D eigenvalue weighted by molar-refractivity contribution is 7.92. The summed E-state index contributed by atoms with van der Waals surface area (Å²) in [5.41, 5.74) is 0.315. The van der Waals surface area contributed by atoms with Gasteiger partial charge in [-0.3, -0.25) is 24.0 Å². The van der Waals surface area contributed by atoms with Crippen LogP contribution >= 0.6 is 0 Å². The number of hydrogen-bond donors (Lipinski definition) is 0. The van der Waals surface area contributed by atoms with Crippen LogP contribution in [0.15, 0.2) is 18.2 Å². The smallest absolute Gasteiger partial charge is 0.308 e. The Morgan fingerprint density at radius 2 is 1.90 bits per heavy atom. The summed E-state index contributed by atoms with van der Waals surface area (Å²) in [7, 11) is -2.59. The van der Waals surface area contributed by atoms with Gasteiger partial charge in [-0.2, -0.15) is 0 Å². The molecule has 0 saturated carbocycles. The zero-order chi connectivity index (χ0) is 21.9. The first-order valence-corrected chi connectivity index (χ1v) is 10.9. The molecule has 2 rings (SSSR count). The molecule has 0 N–H and O–H groups in total. The zero-order valence-electron chi connectivity index (χ0n) is 16.8. The number of carbonyl (C=O) groups excluding carboxylic acids is 2. The van der Waals surface area contributed by atoms with E-state index in [0.717, 1.165) is 16.6 Å². The van der Waals surface area contributed by atoms with E-state index in [4.69, 9.17) is 4.74 Å². The van der Waals surface area contributed by atoms with E-state index in [9.17, 15) is 28.1 Å². The van der Waals surface area contributed by atoms with E-state index < -0.39 is 26.9 Å². The minimum Gasteiger partial charge on any atom is -0.469 e. The van der Waals surface area contributed by atoms with Crippen molar-refractivity contribution in [2.75, 3.05) is 30.8 Å². The van der Waals surface area contributed by atoms with E-state index in [-0.39, 0.29) is 23.3 Å². The van der Waals surface area contributed by atoms with Gasteiger partial charge in [0, 0.05) is 25.2 Å². The number of aryl methyl sites for hydroxylation is 1. The van der Waals surface area contributed by atoms with E-state index in [1.165, 1.54) is 31.1 Å². The summed E-state index contributed by atoms with van der Waals surface area (Å²) in [6, 6.07) is 2.79. The van der Waals surface area contributed by atoms with Crippen molar-refractivity contribution in [3.8, 4) is 0 Å². The van der Waals surface area contributed by atoms with Crippen molar-refractivity contribution >= 4 is 33.3 Å². The highest BCUT2D eigenvalue weighted by Crippen LogP contribution is 2.30. The number of hydrogen-bond acceptors (Lipinski definition) is 7. The number of nitro benzene ring substituents is 1. The van der Waals surface area contributed by atoms with Gasteiger partial charge in [0.25, 0.3) is 5.69 Å². The Labute approximate surface area is 169 Å². The summed E-state index contributed by atoms with van der Waals surface area (Å²) in [5.74, 6) is -1.04. The standard InChI is InChI=1S/C18H25N3O7S/c1-12-5-6-15(21(24)25)11-16(12)20(29(4,26)27)13(2)17(22)19-9-7-14(8-10-19)18(23)28-3/h5-6,11,13-14H,7-10H2,1-4H3/t13-/m1/s1. The number of rotatable bonds is 6. The highest BCUT2D eigenvalue weighted by atomic mass is 32.2. The third-order valence-electron chi connectivity index (χ3n) is 5.05. The van der Waals surface area contributed by atoms with Gasteiger partial charge in [0.05, 0.1) is 29.9 Å². The average Bonchev–Trinajstić information content (AvgIpc) is 2.67. The number of piperidine rings is 1. The number of likely N-dealkylation sites (tertiary alicyclic amines) is 1. The van der Waals surface area contributed by atoms with Gasteiger partial charge in [-0.25, -0.2) is 8.42 Å². The lowest BCUT2D eigenvalue weighted by Crippen LogP contribution is -2.52.